The van der Waals surface area contributed by atoms with Crippen LogP contribution in [0.4, 0.5) is 0 Å². The first-order valence-electron chi connectivity index (χ1n) is 3.84. The fraction of sp³-hybridized carbons (Fsp3) is 0.875. The fourth-order valence-electron chi connectivity index (χ4n) is 1.06. The normalized spacial score (nSPS) is 13.1. The minimum absolute atomic E-state index is 0.771. The monoisotopic (exact) mass is 127 g/mol. The van der Waals surface area contributed by atoms with E-state index in [1.165, 1.54) is 25.5 Å². The van der Waals surface area contributed by atoms with Crippen LogP contribution < -0.4 is 0 Å². The van der Waals surface area contributed by atoms with Crippen LogP contribution >= 0.6 is 0 Å². The van der Waals surface area contributed by atoms with E-state index in [9.17, 15) is 0 Å². The minimum Gasteiger partial charge on any atom is -0.313 e. The second-order valence-electron chi connectivity index (χ2n) is 2.50. The van der Waals surface area contributed by atoms with E-state index < -0.39 is 0 Å². The lowest BCUT2D eigenvalue weighted by Gasteiger charge is -2.08. The summed E-state index contributed by atoms with van der Waals surface area (Å²) < 4.78 is 0. The highest BCUT2D eigenvalue weighted by Crippen LogP contribution is 2.12. The number of hydrogen-bond acceptors (Lipinski definition) is 1. The van der Waals surface area contributed by atoms with Crippen LogP contribution in [0.1, 0.15) is 39.5 Å². The summed E-state index contributed by atoms with van der Waals surface area (Å²) in [6, 6.07) is 0. The topological polar surface area (TPSA) is 23.9 Å². The van der Waals surface area contributed by atoms with Crippen LogP contribution in [0.3, 0.4) is 0 Å². The van der Waals surface area contributed by atoms with Gasteiger partial charge in [-0.1, -0.05) is 33.1 Å². The molecule has 0 saturated heterocycles. The zero-order valence-electron chi connectivity index (χ0n) is 6.48. The van der Waals surface area contributed by atoms with Gasteiger partial charge in [0.25, 0.3) is 0 Å². The van der Waals surface area contributed by atoms with Crippen molar-refractivity contribution in [2.45, 2.75) is 39.5 Å². The molecule has 0 aromatic heterocycles. The van der Waals surface area contributed by atoms with Crippen molar-refractivity contribution in [2.24, 2.45) is 5.92 Å². The summed E-state index contributed by atoms with van der Waals surface area (Å²) >= 11 is 0. The van der Waals surface area contributed by atoms with E-state index in [1.54, 1.807) is 0 Å². The summed E-state index contributed by atoms with van der Waals surface area (Å²) in [5, 5.41) is 6.89. The maximum Gasteiger partial charge on any atom is -0.00450 e. The quantitative estimate of drug-likeness (QED) is 0.549. The van der Waals surface area contributed by atoms with E-state index in [0.29, 0.717) is 0 Å². The summed E-state index contributed by atoms with van der Waals surface area (Å²) in [6.45, 7) is 4.40. The van der Waals surface area contributed by atoms with Crippen molar-refractivity contribution in [3.05, 3.63) is 0 Å². The smallest absolute Gasteiger partial charge is 0.00450 e. The predicted molar refractivity (Wildman–Crippen MR) is 42.1 cm³/mol. The number of hydrogen-bond donors (Lipinski definition) is 1. The van der Waals surface area contributed by atoms with E-state index in [-0.39, 0.29) is 0 Å². The van der Waals surface area contributed by atoms with E-state index in [1.807, 2.05) is 0 Å². The second kappa shape index (κ2) is 5.80. The summed E-state index contributed by atoms with van der Waals surface area (Å²) in [6.07, 6.45) is 6.27. The third-order valence-electron chi connectivity index (χ3n) is 1.73. The number of rotatable bonds is 5. The summed E-state index contributed by atoms with van der Waals surface area (Å²) in [4.78, 5) is 0. The lowest BCUT2D eigenvalue weighted by Crippen LogP contribution is -1.97. The molecule has 0 amide bonds. The molecule has 1 heteroatoms. The van der Waals surface area contributed by atoms with Gasteiger partial charge in [-0.25, -0.2) is 0 Å². The highest BCUT2D eigenvalue weighted by molar-refractivity contribution is 5.53. The van der Waals surface area contributed by atoms with Gasteiger partial charge < -0.3 is 5.41 Å². The molecule has 0 saturated carbocycles. The van der Waals surface area contributed by atoms with Crippen molar-refractivity contribution in [1.82, 2.24) is 0 Å². The van der Waals surface area contributed by atoms with Gasteiger partial charge in [-0.05, 0) is 18.6 Å². The second-order valence-corrected chi connectivity index (χ2v) is 2.50. The molecule has 0 aromatic carbocycles. The minimum atomic E-state index is 0.771. The Morgan fingerprint density at radius 2 is 2.11 bits per heavy atom. The summed E-state index contributed by atoms with van der Waals surface area (Å²) in [7, 11) is 0. The van der Waals surface area contributed by atoms with Gasteiger partial charge in [0.15, 0.2) is 0 Å². The van der Waals surface area contributed by atoms with Crippen molar-refractivity contribution in [1.29, 1.82) is 5.41 Å². The lowest BCUT2D eigenvalue weighted by atomic mass is 9.98. The molecule has 1 atom stereocenters. The van der Waals surface area contributed by atoms with Crippen LogP contribution in [0.2, 0.25) is 0 Å². The highest BCUT2D eigenvalue weighted by atomic mass is 14.3. The third kappa shape index (κ3) is 4.19. The first-order valence-corrected chi connectivity index (χ1v) is 3.84. The Balaban J connectivity index is 3.28. The summed E-state index contributed by atoms with van der Waals surface area (Å²) in [5.74, 6) is 0.771. The largest absolute Gasteiger partial charge is 0.313 e. The molecule has 0 aliphatic rings. The molecule has 0 bridgehead atoms. The Labute approximate surface area is 58.0 Å². The molecule has 0 radical (unpaired) electrons. The Kier molecular flexibility index (Phi) is 5.59. The van der Waals surface area contributed by atoms with E-state index in [4.69, 9.17) is 5.41 Å². The van der Waals surface area contributed by atoms with Crippen molar-refractivity contribution in [3.63, 3.8) is 0 Å². The molecule has 54 valence electrons. The molecule has 0 aliphatic heterocycles. The zero-order chi connectivity index (χ0) is 7.11. The van der Waals surface area contributed by atoms with Crippen LogP contribution in [0.15, 0.2) is 0 Å². The Hall–Kier alpha value is -0.330. The first kappa shape index (κ1) is 8.67. The molecule has 1 N–H and O–H groups in total. The Bertz CT molecular complexity index is 69.0. The zero-order valence-corrected chi connectivity index (χ0v) is 6.48. The van der Waals surface area contributed by atoms with Gasteiger partial charge in [0, 0.05) is 0 Å². The molecule has 0 aromatic rings. The van der Waals surface area contributed by atoms with E-state index >= 15 is 0 Å². The predicted octanol–water partition coefficient (Wildman–Crippen LogP) is 2.85. The average Bonchev–Trinajstić information content (AvgIpc) is 1.88. The molecule has 9 heavy (non-hydrogen) atoms. The van der Waals surface area contributed by atoms with Gasteiger partial charge in [0.1, 0.15) is 0 Å². The molecular formula is C8H17N. The molecular weight excluding hydrogens is 110 g/mol. The molecule has 0 spiro atoms. The van der Waals surface area contributed by atoms with Crippen molar-refractivity contribution in [3.8, 4) is 0 Å². The molecule has 1 unspecified atom stereocenters. The number of nitrogens with one attached hydrogen (secondary N) is 1. The maximum absolute atomic E-state index is 6.89. The average molecular weight is 127 g/mol. The van der Waals surface area contributed by atoms with Crippen LogP contribution in [0.5, 0.6) is 0 Å². The Morgan fingerprint density at radius 1 is 1.44 bits per heavy atom. The van der Waals surface area contributed by atoms with E-state index in [0.717, 1.165) is 12.3 Å². The van der Waals surface area contributed by atoms with Crippen LogP contribution in [-0.2, 0) is 0 Å². The van der Waals surface area contributed by atoms with E-state index in [2.05, 4.69) is 13.8 Å². The van der Waals surface area contributed by atoms with Gasteiger partial charge >= 0.3 is 0 Å². The molecule has 0 fully saturated rings. The molecule has 0 aliphatic carbocycles. The van der Waals surface area contributed by atoms with Crippen LogP contribution in [0, 0.1) is 11.3 Å². The summed E-state index contributed by atoms with van der Waals surface area (Å²) in [5.41, 5.74) is 0. The molecule has 1 nitrogen and oxygen atoms in total. The van der Waals surface area contributed by atoms with Gasteiger partial charge in [0.2, 0.25) is 0 Å². The van der Waals surface area contributed by atoms with Crippen LogP contribution in [0.25, 0.3) is 0 Å². The standard InChI is InChI=1S/C8H17N/c1-3-5-8(4-2)6-7-9/h7-9H,3-6H2,1-2H3. The van der Waals surface area contributed by atoms with Crippen molar-refractivity contribution < 1.29 is 0 Å². The van der Waals surface area contributed by atoms with Gasteiger partial charge in [0.05, 0.1) is 0 Å². The third-order valence-corrected chi connectivity index (χ3v) is 1.73. The fourth-order valence-corrected chi connectivity index (χ4v) is 1.06. The van der Waals surface area contributed by atoms with Gasteiger partial charge in [-0.2, -0.15) is 0 Å². The van der Waals surface area contributed by atoms with Gasteiger partial charge in [-0.15, -0.1) is 0 Å². The van der Waals surface area contributed by atoms with Crippen LogP contribution in [-0.4, -0.2) is 6.21 Å². The lowest BCUT2D eigenvalue weighted by molar-refractivity contribution is 0.484. The highest BCUT2D eigenvalue weighted by Gasteiger charge is 2.00. The van der Waals surface area contributed by atoms with Crippen molar-refractivity contribution >= 4 is 6.21 Å². The van der Waals surface area contributed by atoms with Crippen molar-refractivity contribution in [2.75, 3.05) is 0 Å². The maximum atomic E-state index is 6.89. The first-order chi connectivity index (χ1) is 4.35. The Morgan fingerprint density at radius 3 is 2.44 bits per heavy atom. The molecule has 0 rings (SSSR count). The molecule has 0 heterocycles. The van der Waals surface area contributed by atoms with Gasteiger partial charge in [-0.3, -0.25) is 0 Å². The SMILES string of the molecule is CCCC(CC)CC=N.